The van der Waals surface area contributed by atoms with E-state index in [1.165, 1.54) is 22.5 Å². The van der Waals surface area contributed by atoms with Crippen molar-refractivity contribution < 1.29 is 0 Å². The fourth-order valence-electron chi connectivity index (χ4n) is 7.35. The number of benzene rings is 4. The second-order valence-corrected chi connectivity index (χ2v) is 12.6. The first-order valence-corrected chi connectivity index (χ1v) is 15.9. The highest BCUT2D eigenvalue weighted by Gasteiger charge is 2.39. The number of fused-ring (bicyclic) bond motifs is 6. The van der Waals surface area contributed by atoms with Gasteiger partial charge in [0, 0.05) is 64.3 Å². The minimum Gasteiger partial charge on any atom is -0.308 e. The Kier molecular flexibility index (Phi) is 6.09. The molecule has 47 heavy (non-hydrogen) atoms. The predicted octanol–water partition coefficient (Wildman–Crippen LogP) is 10.4. The molecule has 0 spiro atoms. The van der Waals surface area contributed by atoms with Crippen LogP contribution in [0.4, 0.5) is 17.1 Å². The van der Waals surface area contributed by atoms with Gasteiger partial charge >= 0.3 is 0 Å². The molecule has 0 bridgehead atoms. The lowest BCUT2D eigenvalue weighted by atomic mass is 9.73. The van der Waals surface area contributed by atoms with Gasteiger partial charge in [0.1, 0.15) is 0 Å². The molecule has 8 aromatic rings. The van der Waals surface area contributed by atoms with Gasteiger partial charge in [-0.2, -0.15) is 0 Å². The van der Waals surface area contributed by atoms with Crippen LogP contribution in [0.1, 0.15) is 25.0 Å². The Morgan fingerprint density at radius 3 is 1.94 bits per heavy atom. The van der Waals surface area contributed by atoms with Crippen molar-refractivity contribution in [3.8, 4) is 27.9 Å². The molecule has 0 unspecified atom stereocenters. The zero-order valence-electron chi connectivity index (χ0n) is 26.2. The average Bonchev–Trinajstić information content (AvgIpc) is 3.48. The van der Waals surface area contributed by atoms with Gasteiger partial charge in [0.25, 0.3) is 0 Å². The molecular formula is C42H31N5. The lowest BCUT2D eigenvalue weighted by Gasteiger charge is -2.42. The third-order valence-corrected chi connectivity index (χ3v) is 9.55. The fraction of sp³-hybridized carbons (Fsp3) is 0.0714. The van der Waals surface area contributed by atoms with E-state index in [1.807, 2.05) is 49.2 Å². The Bertz CT molecular complexity index is 2370. The lowest BCUT2D eigenvalue weighted by Crippen LogP contribution is -2.31. The molecule has 4 aromatic carbocycles. The summed E-state index contributed by atoms with van der Waals surface area (Å²) in [6.45, 7) is 4.68. The number of hydrogen-bond acceptors (Lipinski definition) is 4. The van der Waals surface area contributed by atoms with Crippen LogP contribution in [-0.2, 0) is 5.41 Å². The number of rotatable bonds is 4. The molecule has 0 atom stereocenters. The van der Waals surface area contributed by atoms with Gasteiger partial charge in [0.15, 0.2) is 0 Å². The van der Waals surface area contributed by atoms with Crippen molar-refractivity contribution in [3.63, 3.8) is 0 Å². The molecule has 0 fully saturated rings. The van der Waals surface area contributed by atoms with Crippen LogP contribution in [0.2, 0.25) is 0 Å². The van der Waals surface area contributed by atoms with Crippen molar-refractivity contribution in [2.75, 3.05) is 4.90 Å². The van der Waals surface area contributed by atoms with E-state index in [0.717, 1.165) is 55.6 Å². The summed E-state index contributed by atoms with van der Waals surface area (Å²) in [5.74, 6) is 0. The summed E-state index contributed by atoms with van der Waals surface area (Å²) < 4.78 is 2.41. The first kappa shape index (κ1) is 27.3. The number of anilines is 3. The molecule has 0 saturated carbocycles. The highest BCUT2D eigenvalue weighted by molar-refractivity contribution is 6.14. The second-order valence-electron chi connectivity index (χ2n) is 12.6. The summed E-state index contributed by atoms with van der Waals surface area (Å²) in [7, 11) is 0. The molecular weight excluding hydrogens is 574 g/mol. The summed E-state index contributed by atoms with van der Waals surface area (Å²) >= 11 is 0. The molecule has 5 nitrogen and oxygen atoms in total. The standard InChI is InChI=1S/C42H31N5/c1-42(2)35-15-6-7-16-37(35)46(32-13-4-3-5-14-32)41-36(42)19-18-34-39-38(17-10-22-45-39)47(40(34)41)33-24-30(28-11-8-20-43-26-28)23-31(25-33)29-12-9-21-44-27-29/h3-27H,1-2H3. The molecule has 5 heteroatoms. The number of nitrogens with zero attached hydrogens (tertiary/aromatic N) is 5. The monoisotopic (exact) mass is 605 g/mol. The summed E-state index contributed by atoms with van der Waals surface area (Å²) in [5, 5.41) is 1.12. The van der Waals surface area contributed by atoms with Crippen LogP contribution in [0.5, 0.6) is 0 Å². The summed E-state index contributed by atoms with van der Waals surface area (Å²) in [6.07, 6.45) is 9.39. The van der Waals surface area contributed by atoms with Crippen molar-refractivity contribution >= 4 is 39.0 Å². The van der Waals surface area contributed by atoms with Gasteiger partial charge in [-0.05, 0) is 82.9 Å². The molecule has 224 valence electrons. The highest BCUT2D eigenvalue weighted by Crippen LogP contribution is 2.55. The SMILES string of the molecule is CC1(C)c2ccccc2N(c2ccccc2)c2c1ccc1c3ncccc3n(-c3cc(-c4cccnc4)cc(-c4cccnc4)c3)c21. The quantitative estimate of drug-likeness (QED) is 0.200. The maximum atomic E-state index is 4.98. The fourth-order valence-corrected chi connectivity index (χ4v) is 7.35. The molecule has 0 amide bonds. The number of para-hydroxylation sites is 2. The molecule has 5 heterocycles. The van der Waals surface area contributed by atoms with E-state index >= 15 is 0 Å². The molecule has 4 aromatic heterocycles. The average molecular weight is 606 g/mol. The Balaban J connectivity index is 1.44. The molecule has 1 aliphatic rings. The van der Waals surface area contributed by atoms with Gasteiger partial charge < -0.3 is 9.47 Å². The van der Waals surface area contributed by atoms with E-state index in [-0.39, 0.29) is 5.41 Å². The summed E-state index contributed by atoms with van der Waals surface area (Å²) in [5.41, 5.74) is 14.3. The zero-order valence-corrected chi connectivity index (χ0v) is 26.2. The Labute approximate surface area is 273 Å². The predicted molar refractivity (Wildman–Crippen MR) is 192 cm³/mol. The Morgan fingerprint density at radius 1 is 0.553 bits per heavy atom. The third kappa shape index (κ3) is 4.20. The number of hydrogen-bond donors (Lipinski definition) is 0. The molecule has 1 aliphatic heterocycles. The van der Waals surface area contributed by atoms with Crippen LogP contribution in [0.25, 0.3) is 49.9 Å². The molecule has 0 aliphatic carbocycles. The van der Waals surface area contributed by atoms with Crippen molar-refractivity contribution in [1.29, 1.82) is 0 Å². The highest BCUT2D eigenvalue weighted by atomic mass is 15.2. The van der Waals surface area contributed by atoms with E-state index < -0.39 is 0 Å². The minimum absolute atomic E-state index is 0.238. The summed E-state index contributed by atoms with van der Waals surface area (Å²) in [4.78, 5) is 16.3. The van der Waals surface area contributed by atoms with E-state index in [2.05, 4.69) is 136 Å². The van der Waals surface area contributed by atoms with Crippen LogP contribution in [0.3, 0.4) is 0 Å². The van der Waals surface area contributed by atoms with E-state index in [0.29, 0.717) is 0 Å². The number of pyridine rings is 3. The van der Waals surface area contributed by atoms with Crippen molar-refractivity contribution in [3.05, 3.63) is 163 Å². The van der Waals surface area contributed by atoms with Crippen LogP contribution >= 0.6 is 0 Å². The van der Waals surface area contributed by atoms with Crippen molar-refractivity contribution in [1.82, 2.24) is 19.5 Å². The van der Waals surface area contributed by atoms with E-state index in [1.54, 1.807) is 0 Å². The van der Waals surface area contributed by atoms with E-state index in [4.69, 9.17) is 4.98 Å². The maximum absolute atomic E-state index is 4.98. The van der Waals surface area contributed by atoms with Crippen molar-refractivity contribution in [2.24, 2.45) is 0 Å². The normalized spacial score (nSPS) is 13.4. The van der Waals surface area contributed by atoms with Gasteiger partial charge in [0.2, 0.25) is 0 Å². The lowest BCUT2D eigenvalue weighted by molar-refractivity contribution is 0.633. The molecule has 0 saturated heterocycles. The second kappa shape index (κ2) is 10.5. The minimum atomic E-state index is -0.238. The van der Waals surface area contributed by atoms with Crippen LogP contribution in [0, 0.1) is 0 Å². The van der Waals surface area contributed by atoms with E-state index in [9.17, 15) is 0 Å². The van der Waals surface area contributed by atoms with Crippen LogP contribution < -0.4 is 4.90 Å². The van der Waals surface area contributed by atoms with Crippen molar-refractivity contribution in [2.45, 2.75) is 19.3 Å². The Hall–Kier alpha value is -6.07. The first-order chi connectivity index (χ1) is 23.1. The largest absolute Gasteiger partial charge is 0.308 e. The Morgan fingerprint density at radius 2 is 1.23 bits per heavy atom. The third-order valence-electron chi connectivity index (χ3n) is 9.55. The first-order valence-electron chi connectivity index (χ1n) is 15.9. The molecule has 0 radical (unpaired) electrons. The van der Waals surface area contributed by atoms with Gasteiger partial charge in [-0.3, -0.25) is 15.0 Å². The smallest absolute Gasteiger partial charge is 0.0964 e. The number of aromatic nitrogens is 4. The van der Waals surface area contributed by atoms with Gasteiger partial charge in [0.05, 0.1) is 27.9 Å². The zero-order chi connectivity index (χ0) is 31.5. The van der Waals surface area contributed by atoms with Crippen LogP contribution in [0.15, 0.2) is 152 Å². The maximum Gasteiger partial charge on any atom is 0.0964 e. The summed E-state index contributed by atoms with van der Waals surface area (Å²) in [6, 6.07) is 43.3. The molecule has 0 N–H and O–H groups in total. The van der Waals surface area contributed by atoms with Crippen LogP contribution in [-0.4, -0.2) is 19.5 Å². The van der Waals surface area contributed by atoms with Gasteiger partial charge in [-0.25, -0.2) is 0 Å². The van der Waals surface area contributed by atoms with Gasteiger partial charge in [-0.1, -0.05) is 74.5 Å². The van der Waals surface area contributed by atoms with Gasteiger partial charge in [-0.15, -0.1) is 0 Å². The topological polar surface area (TPSA) is 46.8 Å². The molecule has 9 rings (SSSR count).